The zero-order valence-corrected chi connectivity index (χ0v) is 18.3. The van der Waals surface area contributed by atoms with Crippen LogP contribution in [0.3, 0.4) is 0 Å². The van der Waals surface area contributed by atoms with Crippen LogP contribution in [0.1, 0.15) is 29.1 Å². The van der Waals surface area contributed by atoms with Crippen LogP contribution in [0.4, 0.5) is 5.69 Å². The van der Waals surface area contributed by atoms with Gasteiger partial charge in [-0.25, -0.2) is 0 Å². The lowest BCUT2D eigenvalue weighted by molar-refractivity contribution is -0.384. The van der Waals surface area contributed by atoms with E-state index in [2.05, 4.69) is 27.3 Å². The fourth-order valence-corrected chi connectivity index (χ4v) is 4.41. The van der Waals surface area contributed by atoms with Gasteiger partial charge in [-0.3, -0.25) is 15.1 Å². The first-order valence-electron chi connectivity index (χ1n) is 10.5. The smallest absolute Gasteiger partial charge is 0.270 e. The molecule has 1 N–H and O–H groups in total. The number of nitro groups is 1. The Morgan fingerprint density at radius 2 is 1.85 bits per heavy atom. The number of nitrogens with zero attached hydrogens (tertiary/aromatic N) is 3. The summed E-state index contributed by atoms with van der Waals surface area (Å²) in [4.78, 5) is 17.4. The molecule has 1 saturated heterocycles. The Labute approximate surface area is 195 Å². The van der Waals surface area contributed by atoms with Crippen LogP contribution in [0.15, 0.2) is 95.5 Å². The first kappa shape index (κ1) is 20.8. The number of thiocarbonyl (C=S) groups is 1. The molecule has 0 aliphatic carbocycles. The van der Waals surface area contributed by atoms with E-state index in [1.165, 1.54) is 12.1 Å². The number of hydrogen-bond acceptors (Lipinski definition) is 5. The molecule has 1 fully saturated rings. The highest BCUT2D eigenvalue weighted by Crippen LogP contribution is 2.41. The minimum absolute atomic E-state index is 0.0197. The highest BCUT2D eigenvalue weighted by atomic mass is 32.1. The Balaban J connectivity index is 1.53. The molecule has 0 unspecified atom stereocenters. The van der Waals surface area contributed by atoms with E-state index in [0.29, 0.717) is 28.7 Å². The highest BCUT2D eigenvalue weighted by Gasteiger charge is 2.41. The number of nitro benzene ring substituents is 1. The topological polar surface area (TPSA) is 84.4 Å². The van der Waals surface area contributed by atoms with Crippen molar-refractivity contribution < 1.29 is 9.34 Å². The van der Waals surface area contributed by atoms with E-state index in [1.54, 1.807) is 18.3 Å². The van der Waals surface area contributed by atoms with Crippen LogP contribution >= 0.6 is 12.2 Å². The summed E-state index contributed by atoms with van der Waals surface area (Å²) in [7, 11) is 0. The highest BCUT2D eigenvalue weighted by molar-refractivity contribution is 7.80. The molecule has 2 atom stereocenters. The standard InChI is InChI=1S/C25H20N4O3S/c30-29(31)19-10-6-9-18(15-19)21-12-13-22(32-21)24-23(20-11-4-5-14-26-20)27-25(33)28(24)16-17-7-2-1-3-8-17/h1-15,23-24H,16H2,(H,27,33)/t23-,24-/m0/s1. The minimum atomic E-state index is -0.411. The Bertz CT molecular complexity index is 1290. The number of furan rings is 1. The zero-order valence-electron chi connectivity index (χ0n) is 17.5. The Kier molecular flexibility index (Phi) is 5.58. The number of benzene rings is 2. The molecule has 8 heteroatoms. The van der Waals surface area contributed by atoms with Gasteiger partial charge in [0.05, 0.1) is 16.7 Å². The van der Waals surface area contributed by atoms with E-state index in [9.17, 15) is 10.1 Å². The van der Waals surface area contributed by atoms with Crippen molar-refractivity contribution >= 4 is 23.0 Å². The van der Waals surface area contributed by atoms with Gasteiger partial charge in [-0.05, 0) is 42.0 Å². The molecule has 33 heavy (non-hydrogen) atoms. The van der Waals surface area contributed by atoms with Gasteiger partial charge in [0, 0.05) is 30.4 Å². The van der Waals surface area contributed by atoms with Crippen LogP contribution in [0, 0.1) is 10.1 Å². The van der Waals surface area contributed by atoms with Crippen molar-refractivity contribution in [2.45, 2.75) is 18.6 Å². The van der Waals surface area contributed by atoms with Crippen LogP contribution in [0.5, 0.6) is 0 Å². The van der Waals surface area contributed by atoms with E-state index in [0.717, 1.165) is 11.3 Å². The summed E-state index contributed by atoms with van der Waals surface area (Å²) in [6.45, 7) is 0.605. The molecule has 1 aliphatic heterocycles. The van der Waals surface area contributed by atoms with Crippen LogP contribution in [0.25, 0.3) is 11.3 Å². The number of nitrogens with one attached hydrogen (secondary N) is 1. The van der Waals surface area contributed by atoms with Crippen molar-refractivity contribution in [3.8, 4) is 11.3 Å². The van der Waals surface area contributed by atoms with Gasteiger partial charge in [0.1, 0.15) is 17.6 Å². The summed E-state index contributed by atoms with van der Waals surface area (Å²) < 4.78 is 6.26. The Hall–Kier alpha value is -4.04. The molecule has 2 aromatic heterocycles. The average molecular weight is 457 g/mol. The summed E-state index contributed by atoms with van der Waals surface area (Å²) in [5.74, 6) is 1.27. The van der Waals surface area contributed by atoms with E-state index < -0.39 is 4.92 Å². The van der Waals surface area contributed by atoms with Gasteiger partial charge in [-0.2, -0.15) is 0 Å². The SMILES string of the molecule is O=[N+]([O-])c1cccc(-c2ccc([C@H]3[C@H](c4ccccn4)NC(=S)N3Cc3ccccc3)o2)c1. The number of aromatic nitrogens is 1. The van der Waals surface area contributed by atoms with Crippen LogP contribution in [-0.2, 0) is 6.54 Å². The second-order valence-electron chi connectivity index (χ2n) is 7.75. The lowest BCUT2D eigenvalue weighted by atomic mass is 10.0. The monoisotopic (exact) mass is 456 g/mol. The normalized spacial score (nSPS) is 17.7. The summed E-state index contributed by atoms with van der Waals surface area (Å²) in [6.07, 6.45) is 1.76. The summed E-state index contributed by atoms with van der Waals surface area (Å²) in [6, 6.07) is 25.6. The number of rotatable bonds is 6. The maximum atomic E-state index is 11.2. The van der Waals surface area contributed by atoms with Crippen LogP contribution in [0.2, 0.25) is 0 Å². The number of non-ortho nitro benzene ring substituents is 1. The average Bonchev–Trinajstić information content (AvgIpc) is 3.45. The van der Waals surface area contributed by atoms with Crippen molar-refractivity contribution in [1.29, 1.82) is 0 Å². The van der Waals surface area contributed by atoms with E-state index in [1.807, 2.05) is 48.5 Å². The van der Waals surface area contributed by atoms with Crippen molar-refractivity contribution in [2.75, 3.05) is 0 Å². The quantitative estimate of drug-likeness (QED) is 0.235. The predicted octanol–water partition coefficient (Wildman–Crippen LogP) is 5.42. The third-order valence-corrected chi connectivity index (χ3v) is 6.01. The van der Waals surface area contributed by atoms with Crippen molar-refractivity contribution in [1.82, 2.24) is 15.2 Å². The first-order valence-corrected chi connectivity index (χ1v) is 10.9. The molecule has 4 aromatic rings. The summed E-state index contributed by atoms with van der Waals surface area (Å²) >= 11 is 5.71. The third kappa shape index (κ3) is 4.20. The van der Waals surface area contributed by atoms with E-state index in [-0.39, 0.29) is 17.8 Å². The molecule has 0 radical (unpaired) electrons. The van der Waals surface area contributed by atoms with E-state index >= 15 is 0 Å². The number of hydrogen-bond donors (Lipinski definition) is 1. The van der Waals surface area contributed by atoms with Crippen molar-refractivity contribution in [3.05, 3.63) is 118 Å². The minimum Gasteiger partial charge on any atom is -0.459 e. The maximum absolute atomic E-state index is 11.2. The lowest BCUT2D eigenvalue weighted by Crippen LogP contribution is -2.29. The fourth-order valence-electron chi connectivity index (χ4n) is 4.10. The molecule has 0 bridgehead atoms. The summed E-state index contributed by atoms with van der Waals surface area (Å²) in [5, 5.41) is 15.2. The largest absolute Gasteiger partial charge is 0.459 e. The Morgan fingerprint density at radius 3 is 2.61 bits per heavy atom. The molecule has 1 aliphatic rings. The molecule has 3 heterocycles. The maximum Gasteiger partial charge on any atom is 0.270 e. The molecule has 164 valence electrons. The van der Waals surface area contributed by atoms with Crippen LogP contribution in [-0.4, -0.2) is 19.9 Å². The molecular weight excluding hydrogens is 436 g/mol. The molecule has 2 aromatic carbocycles. The predicted molar refractivity (Wildman–Crippen MR) is 128 cm³/mol. The van der Waals surface area contributed by atoms with Crippen LogP contribution < -0.4 is 5.32 Å². The molecule has 0 saturated carbocycles. The van der Waals surface area contributed by atoms with E-state index in [4.69, 9.17) is 16.6 Å². The van der Waals surface area contributed by atoms with Gasteiger partial charge in [0.2, 0.25) is 0 Å². The van der Waals surface area contributed by atoms with Gasteiger partial charge < -0.3 is 14.6 Å². The van der Waals surface area contributed by atoms with Gasteiger partial charge >= 0.3 is 0 Å². The molecule has 7 nitrogen and oxygen atoms in total. The second-order valence-corrected chi connectivity index (χ2v) is 8.14. The number of pyridine rings is 1. The summed E-state index contributed by atoms with van der Waals surface area (Å²) in [5.41, 5.74) is 2.65. The second kappa shape index (κ2) is 8.84. The zero-order chi connectivity index (χ0) is 22.8. The lowest BCUT2D eigenvalue weighted by Gasteiger charge is -2.26. The molecule has 0 spiro atoms. The van der Waals surface area contributed by atoms with Crippen molar-refractivity contribution in [2.24, 2.45) is 0 Å². The van der Waals surface area contributed by atoms with Gasteiger partial charge in [0.15, 0.2) is 5.11 Å². The Morgan fingerprint density at radius 1 is 1.03 bits per heavy atom. The van der Waals surface area contributed by atoms with Crippen molar-refractivity contribution in [3.63, 3.8) is 0 Å². The van der Waals surface area contributed by atoms with Gasteiger partial charge in [-0.1, -0.05) is 48.5 Å². The molecule has 0 amide bonds. The van der Waals surface area contributed by atoms with Gasteiger partial charge in [0.25, 0.3) is 5.69 Å². The fraction of sp³-hybridized carbons (Fsp3) is 0.120. The third-order valence-electron chi connectivity index (χ3n) is 5.65. The molecular formula is C25H20N4O3S. The molecule has 5 rings (SSSR count). The first-order chi connectivity index (χ1) is 16.1. The van der Waals surface area contributed by atoms with Gasteiger partial charge in [-0.15, -0.1) is 0 Å².